The van der Waals surface area contributed by atoms with Crippen LogP contribution in [0.5, 0.6) is 0 Å². The second kappa shape index (κ2) is 6.58. The van der Waals surface area contributed by atoms with Gasteiger partial charge in [0.05, 0.1) is 5.25 Å². The van der Waals surface area contributed by atoms with Crippen LogP contribution >= 0.6 is 11.6 Å². The van der Waals surface area contributed by atoms with Crippen LogP contribution in [0.1, 0.15) is 57.8 Å². The molecular formula is C13H24ClNO2S. The van der Waals surface area contributed by atoms with E-state index in [1.54, 1.807) is 0 Å². The normalized spacial score (nSPS) is 31.4. The largest absolute Gasteiger partial charge is 0.214 e. The molecule has 1 N–H and O–H groups in total. The molecule has 3 nitrogen and oxygen atoms in total. The quantitative estimate of drug-likeness (QED) is 0.810. The summed E-state index contributed by atoms with van der Waals surface area (Å²) in [5.41, 5.74) is 0. The van der Waals surface area contributed by atoms with Crippen molar-refractivity contribution in [2.24, 2.45) is 5.92 Å². The van der Waals surface area contributed by atoms with E-state index in [1.165, 1.54) is 12.8 Å². The molecule has 18 heavy (non-hydrogen) atoms. The first-order valence-corrected chi connectivity index (χ1v) is 9.28. The molecule has 106 valence electrons. The average molecular weight is 294 g/mol. The maximum absolute atomic E-state index is 12.4. The Morgan fingerprint density at radius 2 is 1.56 bits per heavy atom. The topological polar surface area (TPSA) is 46.2 Å². The Kier molecular flexibility index (Phi) is 5.34. The van der Waals surface area contributed by atoms with Crippen LogP contribution in [0.2, 0.25) is 0 Å². The number of sulfonamides is 1. The summed E-state index contributed by atoms with van der Waals surface area (Å²) in [4.78, 5) is 0. The molecule has 0 aromatic carbocycles. The van der Waals surface area contributed by atoms with Gasteiger partial charge in [0.1, 0.15) is 0 Å². The van der Waals surface area contributed by atoms with Crippen LogP contribution in [-0.2, 0) is 10.0 Å². The van der Waals surface area contributed by atoms with Crippen molar-refractivity contribution in [2.75, 3.05) is 5.88 Å². The van der Waals surface area contributed by atoms with Crippen molar-refractivity contribution in [1.82, 2.24) is 4.72 Å². The molecule has 0 radical (unpaired) electrons. The van der Waals surface area contributed by atoms with Crippen LogP contribution in [0.15, 0.2) is 0 Å². The zero-order valence-corrected chi connectivity index (χ0v) is 12.5. The van der Waals surface area contributed by atoms with Gasteiger partial charge >= 0.3 is 0 Å². The highest BCUT2D eigenvalue weighted by molar-refractivity contribution is 7.90. The molecule has 2 saturated carbocycles. The molecule has 0 saturated heterocycles. The van der Waals surface area contributed by atoms with Crippen LogP contribution in [0.4, 0.5) is 0 Å². The Morgan fingerprint density at radius 3 is 2.22 bits per heavy atom. The number of nitrogens with one attached hydrogen (secondary N) is 1. The van der Waals surface area contributed by atoms with E-state index in [9.17, 15) is 8.42 Å². The monoisotopic (exact) mass is 293 g/mol. The molecule has 2 unspecified atom stereocenters. The zero-order chi connectivity index (χ0) is 13.0. The third-order valence-electron chi connectivity index (χ3n) is 4.41. The third-order valence-corrected chi connectivity index (χ3v) is 6.79. The third kappa shape index (κ3) is 3.61. The summed E-state index contributed by atoms with van der Waals surface area (Å²) in [6.07, 6.45) is 9.24. The van der Waals surface area contributed by atoms with Gasteiger partial charge < -0.3 is 0 Å². The Balaban J connectivity index is 1.97. The van der Waals surface area contributed by atoms with E-state index in [-0.39, 0.29) is 11.3 Å². The van der Waals surface area contributed by atoms with Gasteiger partial charge in [0, 0.05) is 11.9 Å². The van der Waals surface area contributed by atoms with Crippen LogP contribution in [0.3, 0.4) is 0 Å². The summed E-state index contributed by atoms with van der Waals surface area (Å²) < 4.78 is 27.7. The van der Waals surface area contributed by atoms with Crippen LogP contribution in [0, 0.1) is 5.92 Å². The van der Waals surface area contributed by atoms with E-state index in [4.69, 9.17) is 11.6 Å². The molecule has 0 heterocycles. The Labute approximate surface area is 116 Å². The summed E-state index contributed by atoms with van der Waals surface area (Å²) in [5.74, 6) is 0.886. The number of rotatable bonds is 4. The Hall–Kier alpha value is 0.200. The van der Waals surface area contributed by atoms with Gasteiger partial charge in [-0.1, -0.05) is 32.1 Å². The predicted octanol–water partition coefficient (Wildman–Crippen LogP) is 3.04. The summed E-state index contributed by atoms with van der Waals surface area (Å²) in [6.45, 7) is 0. The fraction of sp³-hybridized carbons (Fsp3) is 1.00. The lowest BCUT2D eigenvalue weighted by atomic mass is 9.86. The molecule has 2 rings (SSSR count). The highest BCUT2D eigenvalue weighted by Gasteiger charge is 2.33. The lowest BCUT2D eigenvalue weighted by molar-refractivity contribution is 0.311. The highest BCUT2D eigenvalue weighted by atomic mass is 35.5. The number of hydrogen-bond acceptors (Lipinski definition) is 2. The first-order chi connectivity index (χ1) is 8.63. The second-order valence-corrected chi connectivity index (χ2v) is 8.03. The standard InChI is InChI=1S/C13H24ClNO2S/c14-10-11-6-4-5-9-13(11)15-18(16,17)12-7-2-1-3-8-12/h11-13,15H,1-10H2. The minimum absolute atomic E-state index is 0.0724. The molecule has 5 heteroatoms. The summed E-state index contributed by atoms with van der Waals surface area (Å²) in [6, 6.07) is 0.0724. The molecule has 0 aromatic heterocycles. The SMILES string of the molecule is O=S(=O)(NC1CCCCC1CCl)C1CCCCC1. The van der Waals surface area contributed by atoms with E-state index in [0.29, 0.717) is 11.8 Å². The lowest BCUT2D eigenvalue weighted by Crippen LogP contribution is -2.46. The molecule has 2 aliphatic carbocycles. The fourth-order valence-electron chi connectivity index (χ4n) is 3.23. The highest BCUT2D eigenvalue weighted by Crippen LogP contribution is 2.28. The van der Waals surface area contributed by atoms with Crippen molar-refractivity contribution >= 4 is 21.6 Å². The smallest absolute Gasteiger partial charge is 0.212 e. The van der Waals surface area contributed by atoms with Crippen LogP contribution in [0.25, 0.3) is 0 Å². The average Bonchev–Trinajstić information content (AvgIpc) is 2.40. The number of hydrogen-bond donors (Lipinski definition) is 1. The van der Waals surface area contributed by atoms with Crippen molar-refractivity contribution in [3.8, 4) is 0 Å². The second-order valence-electron chi connectivity index (χ2n) is 5.73. The number of alkyl halides is 1. The molecule has 2 fully saturated rings. The lowest BCUT2D eigenvalue weighted by Gasteiger charge is -2.32. The van der Waals surface area contributed by atoms with E-state index >= 15 is 0 Å². The van der Waals surface area contributed by atoms with Gasteiger partial charge in [-0.25, -0.2) is 13.1 Å². The van der Waals surface area contributed by atoms with Crippen molar-refractivity contribution in [1.29, 1.82) is 0 Å². The maximum atomic E-state index is 12.4. The van der Waals surface area contributed by atoms with Crippen LogP contribution < -0.4 is 4.72 Å². The van der Waals surface area contributed by atoms with Crippen molar-refractivity contribution in [3.63, 3.8) is 0 Å². The Morgan fingerprint density at radius 1 is 0.944 bits per heavy atom. The minimum atomic E-state index is -3.13. The van der Waals surface area contributed by atoms with Gasteiger partial charge in [-0.15, -0.1) is 11.6 Å². The van der Waals surface area contributed by atoms with Gasteiger partial charge in [0.25, 0.3) is 0 Å². The first-order valence-electron chi connectivity index (χ1n) is 7.20. The van der Waals surface area contributed by atoms with Gasteiger partial charge in [-0.3, -0.25) is 0 Å². The molecule has 2 atom stereocenters. The minimum Gasteiger partial charge on any atom is -0.212 e. The molecule has 0 spiro atoms. The molecule has 0 aliphatic heterocycles. The van der Waals surface area contributed by atoms with Gasteiger partial charge in [0.2, 0.25) is 10.0 Å². The van der Waals surface area contributed by atoms with E-state index in [0.717, 1.165) is 44.9 Å². The predicted molar refractivity (Wildman–Crippen MR) is 75.4 cm³/mol. The molecule has 0 aromatic rings. The van der Waals surface area contributed by atoms with Gasteiger partial charge in [0.15, 0.2) is 0 Å². The Bertz CT molecular complexity index is 352. The zero-order valence-electron chi connectivity index (χ0n) is 10.9. The van der Waals surface area contributed by atoms with Gasteiger partial charge in [-0.05, 0) is 31.6 Å². The van der Waals surface area contributed by atoms with Crippen molar-refractivity contribution in [2.45, 2.75) is 69.1 Å². The van der Waals surface area contributed by atoms with E-state index in [1.807, 2.05) is 0 Å². The van der Waals surface area contributed by atoms with E-state index in [2.05, 4.69) is 4.72 Å². The molecule has 2 aliphatic rings. The summed E-state index contributed by atoms with van der Waals surface area (Å²) >= 11 is 5.95. The van der Waals surface area contributed by atoms with Crippen molar-refractivity contribution in [3.05, 3.63) is 0 Å². The fourth-order valence-corrected chi connectivity index (χ4v) is 5.48. The van der Waals surface area contributed by atoms with Crippen molar-refractivity contribution < 1.29 is 8.42 Å². The molecule has 0 amide bonds. The maximum Gasteiger partial charge on any atom is 0.214 e. The first kappa shape index (κ1) is 14.6. The number of halogens is 1. The molecular weight excluding hydrogens is 270 g/mol. The summed E-state index contributed by atoms with van der Waals surface area (Å²) in [7, 11) is -3.13. The summed E-state index contributed by atoms with van der Waals surface area (Å²) in [5, 5.41) is -0.163. The van der Waals surface area contributed by atoms with Gasteiger partial charge in [-0.2, -0.15) is 0 Å². The van der Waals surface area contributed by atoms with Crippen LogP contribution in [-0.4, -0.2) is 25.6 Å². The van der Waals surface area contributed by atoms with E-state index < -0.39 is 10.0 Å². The molecule has 0 bridgehead atoms.